The van der Waals surface area contributed by atoms with Gasteiger partial charge < -0.3 is 5.32 Å². The number of piperidine rings is 1. The molecular formula is C13H21ClFN3O4S2. The van der Waals surface area contributed by atoms with E-state index in [1.807, 2.05) is 11.6 Å². The molecule has 0 aromatic heterocycles. The van der Waals surface area contributed by atoms with Crippen LogP contribution in [0.25, 0.3) is 0 Å². The molecule has 24 heavy (non-hydrogen) atoms. The van der Waals surface area contributed by atoms with Crippen LogP contribution in [0.3, 0.4) is 0 Å². The highest BCUT2D eigenvalue weighted by atomic mass is 35.5. The predicted octanol–water partition coefficient (Wildman–Crippen LogP) is 0.895. The van der Waals surface area contributed by atoms with Crippen LogP contribution in [0.15, 0.2) is 23.1 Å². The molecule has 1 aliphatic rings. The summed E-state index contributed by atoms with van der Waals surface area (Å²) in [6.07, 6.45) is 1.73. The smallest absolute Gasteiger partial charge is 0.240 e. The lowest BCUT2D eigenvalue weighted by atomic mass is 9.96. The Hall–Kier alpha value is -0.940. The molecule has 7 nitrogen and oxygen atoms in total. The highest BCUT2D eigenvalue weighted by Gasteiger charge is 2.27. The van der Waals surface area contributed by atoms with Gasteiger partial charge in [0.25, 0.3) is 0 Å². The molecule has 0 saturated carbocycles. The van der Waals surface area contributed by atoms with Crippen molar-refractivity contribution in [1.29, 1.82) is 0 Å². The van der Waals surface area contributed by atoms with Crippen molar-refractivity contribution >= 4 is 38.1 Å². The highest BCUT2D eigenvalue weighted by Crippen LogP contribution is 2.21. The molecule has 11 heteroatoms. The number of benzene rings is 1. The largest absolute Gasteiger partial charge is 0.315 e. The third kappa shape index (κ3) is 5.55. The van der Waals surface area contributed by atoms with Crippen molar-refractivity contribution in [2.45, 2.75) is 24.3 Å². The zero-order chi connectivity index (χ0) is 17.3. The van der Waals surface area contributed by atoms with Crippen LogP contribution in [-0.4, -0.2) is 42.2 Å². The molecule has 1 saturated heterocycles. The Kier molecular flexibility index (Phi) is 7.00. The van der Waals surface area contributed by atoms with Crippen molar-refractivity contribution in [3.63, 3.8) is 0 Å². The zero-order valence-corrected chi connectivity index (χ0v) is 15.7. The second kappa shape index (κ2) is 7.96. The van der Waals surface area contributed by atoms with Crippen LogP contribution in [0, 0.1) is 11.7 Å². The Balaban J connectivity index is 0.00000288. The first-order valence-electron chi connectivity index (χ1n) is 7.09. The number of hydrogen-bond acceptors (Lipinski definition) is 5. The molecule has 1 aliphatic heterocycles. The summed E-state index contributed by atoms with van der Waals surface area (Å²) in [5.74, 6) is -0.782. The minimum Gasteiger partial charge on any atom is -0.315 e. The molecule has 1 aromatic rings. The molecule has 2 atom stereocenters. The van der Waals surface area contributed by atoms with Crippen LogP contribution in [0.4, 0.5) is 10.1 Å². The first-order chi connectivity index (χ1) is 10.6. The lowest BCUT2D eigenvalue weighted by Gasteiger charge is -2.30. The minimum atomic E-state index is -3.88. The van der Waals surface area contributed by atoms with Gasteiger partial charge in [-0.1, -0.05) is 6.92 Å². The van der Waals surface area contributed by atoms with Crippen LogP contribution < -0.4 is 14.8 Å². The lowest BCUT2D eigenvalue weighted by Crippen LogP contribution is -2.50. The maximum absolute atomic E-state index is 13.9. The Morgan fingerprint density at radius 1 is 1.25 bits per heavy atom. The lowest BCUT2D eigenvalue weighted by molar-refractivity contribution is 0.327. The molecular weight excluding hydrogens is 381 g/mol. The second-order valence-electron chi connectivity index (χ2n) is 5.71. The number of rotatable bonds is 5. The molecule has 0 radical (unpaired) electrons. The summed E-state index contributed by atoms with van der Waals surface area (Å²) in [5, 5.41) is 3.11. The van der Waals surface area contributed by atoms with Gasteiger partial charge in [0.15, 0.2) is 0 Å². The summed E-state index contributed by atoms with van der Waals surface area (Å²) in [5.41, 5.74) is -0.292. The monoisotopic (exact) mass is 401 g/mol. The summed E-state index contributed by atoms with van der Waals surface area (Å²) in [7, 11) is -7.52. The summed E-state index contributed by atoms with van der Waals surface area (Å²) >= 11 is 0. The van der Waals surface area contributed by atoms with E-state index in [2.05, 4.69) is 10.0 Å². The van der Waals surface area contributed by atoms with Gasteiger partial charge in [-0.3, -0.25) is 4.72 Å². The Morgan fingerprint density at radius 2 is 1.92 bits per heavy atom. The van der Waals surface area contributed by atoms with Gasteiger partial charge in [0.1, 0.15) is 5.82 Å². The van der Waals surface area contributed by atoms with E-state index in [0.717, 1.165) is 31.4 Å². The molecule has 0 aliphatic carbocycles. The topological polar surface area (TPSA) is 104 Å². The second-order valence-corrected chi connectivity index (χ2v) is 9.18. The maximum Gasteiger partial charge on any atom is 0.240 e. The van der Waals surface area contributed by atoms with E-state index < -0.39 is 25.9 Å². The summed E-state index contributed by atoms with van der Waals surface area (Å²) in [6, 6.07) is 2.79. The number of anilines is 1. The van der Waals surface area contributed by atoms with Crippen molar-refractivity contribution in [2.75, 3.05) is 24.1 Å². The Bertz CT molecular complexity index is 786. The first-order valence-corrected chi connectivity index (χ1v) is 10.5. The highest BCUT2D eigenvalue weighted by molar-refractivity contribution is 7.92. The van der Waals surface area contributed by atoms with Gasteiger partial charge in [0.05, 0.1) is 16.8 Å². The molecule has 1 aromatic carbocycles. The fraction of sp³-hybridized carbons (Fsp3) is 0.538. The molecule has 0 amide bonds. The zero-order valence-electron chi connectivity index (χ0n) is 13.2. The molecule has 1 heterocycles. The average molecular weight is 402 g/mol. The van der Waals surface area contributed by atoms with Gasteiger partial charge in [-0.2, -0.15) is 0 Å². The fourth-order valence-electron chi connectivity index (χ4n) is 2.36. The molecule has 1 fully saturated rings. The summed E-state index contributed by atoms with van der Waals surface area (Å²) < 4.78 is 65.4. The standard InChI is InChI=1S/C13H20FN3O4S2.ClH/c1-9-5-6-15-8-13(9)17-23(20,21)10-3-4-12(11(14)7-10)16-22(2,18)19;/h3-4,7,9,13,15-17H,5-6,8H2,1-2H3;1H. The van der Waals surface area contributed by atoms with Gasteiger partial charge >= 0.3 is 0 Å². The van der Waals surface area contributed by atoms with Crippen molar-refractivity contribution in [2.24, 2.45) is 5.92 Å². The Morgan fingerprint density at radius 3 is 2.46 bits per heavy atom. The number of hydrogen-bond donors (Lipinski definition) is 3. The minimum absolute atomic E-state index is 0. The van der Waals surface area contributed by atoms with Crippen LogP contribution in [-0.2, 0) is 20.0 Å². The number of nitrogens with one attached hydrogen (secondary N) is 3. The third-order valence-electron chi connectivity index (χ3n) is 3.68. The quantitative estimate of drug-likeness (QED) is 0.679. The van der Waals surface area contributed by atoms with Crippen LogP contribution >= 0.6 is 12.4 Å². The van der Waals surface area contributed by atoms with E-state index in [4.69, 9.17) is 0 Å². The van der Waals surface area contributed by atoms with Gasteiger partial charge in [0, 0.05) is 12.6 Å². The Labute approximate surface area is 147 Å². The summed E-state index contributed by atoms with van der Waals surface area (Å²) in [4.78, 5) is -0.244. The van der Waals surface area contributed by atoms with E-state index in [9.17, 15) is 21.2 Å². The summed E-state index contributed by atoms with van der Waals surface area (Å²) in [6.45, 7) is 3.30. The van der Waals surface area contributed by atoms with Crippen molar-refractivity contribution < 1.29 is 21.2 Å². The van der Waals surface area contributed by atoms with Crippen LogP contribution in [0.5, 0.6) is 0 Å². The average Bonchev–Trinajstić information content (AvgIpc) is 2.42. The van der Waals surface area contributed by atoms with E-state index in [-0.39, 0.29) is 34.9 Å². The van der Waals surface area contributed by atoms with Crippen LogP contribution in [0.2, 0.25) is 0 Å². The maximum atomic E-state index is 13.9. The molecule has 0 spiro atoms. The third-order valence-corrected chi connectivity index (χ3v) is 5.76. The van der Waals surface area contributed by atoms with Gasteiger partial charge in [-0.05, 0) is 37.1 Å². The van der Waals surface area contributed by atoms with Gasteiger partial charge in [0.2, 0.25) is 20.0 Å². The van der Waals surface area contributed by atoms with E-state index >= 15 is 0 Å². The normalized spacial score (nSPS) is 21.8. The van der Waals surface area contributed by atoms with Gasteiger partial charge in [-0.15, -0.1) is 12.4 Å². The molecule has 3 N–H and O–H groups in total. The SMILES string of the molecule is CC1CCNCC1NS(=O)(=O)c1ccc(NS(C)(=O)=O)c(F)c1.Cl. The molecule has 0 bridgehead atoms. The van der Waals surface area contributed by atoms with Gasteiger partial charge in [-0.25, -0.2) is 25.9 Å². The van der Waals surface area contributed by atoms with Crippen molar-refractivity contribution in [3.8, 4) is 0 Å². The number of halogens is 2. The molecule has 2 rings (SSSR count). The predicted molar refractivity (Wildman–Crippen MR) is 92.9 cm³/mol. The molecule has 138 valence electrons. The van der Waals surface area contributed by atoms with Crippen molar-refractivity contribution in [3.05, 3.63) is 24.0 Å². The van der Waals surface area contributed by atoms with E-state index in [0.29, 0.717) is 6.54 Å². The van der Waals surface area contributed by atoms with E-state index in [1.165, 1.54) is 6.07 Å². The van der Waals surface area contributed by atoms with Crippen LogP contribution in [0.1, 0.15) is 13.3 Å². The number of sulfonamides is 2. The first kappa shape index (κ1) is 21.1. The molecule has 2 unspecified atom stereocenters. The fourth-order valence-corrected chi connectivity index (χ4v) is 4.28. The van der Waals surface area contributed by atoms with E-state index in [1.54, 1.807) is 0 Å². The van der Waals surface area contributed by atoms with Crippen molar-refractivity contribution in [1.82, 2.24) is 10.0 Å².